The predicted molar refractivity (Wildman–Crippen MR) is 74.9 cm³/mol. The van der Waals surface area contributed by atoms with E-state index in [2.05, 4.69) is 5.32 Å². The molecule has 0 spiro atoms. The molecule has 1 aromatic rings. The Morgan fingerprint density at radius 3 is 2.63 bits per heavy atom. The van der Waals surface area contributed by atoms with Crippen molar-refractivity contribution in [3.8, 4) is 0 Å². The second-order valence-electron chi connectivity index (χ2n) is 5.04. The summed E-state index contributed by atoms with van der Waals surface area (Å²) in [7, 11) is 0. The van der Waals surface area contributed by atoms with E-state index < -0.39 is 0 Å². The average molecular weight is 260 g/mol. The average Bonchev–Trinajstić information content (AvgIpc) is 2.39. The van der Waals surface area contributed by atoms with E-state index in [1.165, 1.54) is 6.42 Å². The fraction of sp³-hybridized carbons (Fsp3) is 0.467. The molecule has 2 amide bonds. The number of hydrogen-bond donors (Lipinski definition) is 1. The van der Waals surface area contributed by atoms with Gasteiger partial charge < -0.3 is 10.2 Å². The summed E-state index contributed by atoms with van der Waals surface area (Å²) in [6.45, 7) is 3.54. The molecular weight excluding hydrogens is 240 g/mol. The second-order valence-corrected chi connectivity index (χ2v) is 5.04. The summed E-state index contributed by atoms with van der Waals surface area (Å²) in [6.07, 6.45) is 3.21. The number of likely N-dealkylation sites (tertiary alicyclic amines) is 1. The maximum absolute atomic E-state index is 11.9. The third-order valence-electron chi connectivity index (χ3n) is 3.32. The van der Waals surface area contributed by atoms with Crippen molar-refractivity contribution in [1.29, 1.82) is 0 Å². The van der Waals surface area contributed by atoms with E-state index in [0.29, 0.717) is 0 Å². The molecule has 102 valence electrons. The van der Waals surface area contributed by atoms with Gasteiger partial charge in [0.1, 0.15) is 6.42 Å². The van der Waals surface area contributed by atoms with E-state index in [-0.39, 0.29) is 18.2 Å². The highest BCUT2D eigenvalue weighted by molar-refractivity contribution is 6.03. The van der Waals surface area contributed by atoms with Crippen LogP contribution in [0.4, 0.5) is 5.69 Å². The van der Waals surface area contributed by atoms with E-state index in [9.17, 15) is 9.59 Å². The summed E-state index contributed by atoms with van der Waals surface area (Å²) in [6, 6.07) is 7.57. The van der Waals surface area contributed by atoms with Crippen LogP contribution in [0.1, 0.15) is 31.2 Å². The number of carbonyl (C=O) groups excluding carboxylic acids is 2. The van der Waals surface area contributed by atoms with Crippen molar-refractivity contribution in [2.75, 3.05) is 18.4 Å². The highest BCUT2D eigenvalue weighted by Crippen LogP contribution is 2.12. The quantitative estimate of drug-likeness (QED) is 0.848. The number of nitrogens with one attached hydrogen (secondary N) is 1. The van der Waals surface area contributed by atoms with Crippen molar-refractivity contribution >= 4 is 17.5 Å². The minimum Gasteiger partial charge on any atom is -0.342 e. The maximum Gasteiger partial charge on any atom is 0.233 e. The van der Waals surface area contributed by atoms with Crippen molar-refractivity contribution in [3.05, 3.63) is 29.8 Å². The monoisotopic (exact) mass is 260 g/mol. The van der Waals surface area contributed by atoms with Gasteiger partial charge in [-0.05, 0) is 43.9 Å². The molecule has 1 heterocycles. The zero-order valence-corrected chi connectivity index (χ0v) is 11.3. The van der Waals surface area contributed by atoms with Crippen LogP contribution < -0.4 is 5.32 Å². The summed E-state index contributed by atoms with van der Waals surface area (Å²) < 4.78 is 0. The van der Waals surface area contributed by atoms with Gasteiger partial charge in [0.25, 0.3) is 0 Å². The third-order valence-corrected chi connectivity index (χ3v) is 3.32. The van der Waals surface area contributed by atoms with Crippen LogP contribution in [0.15, 0.2) is 24.3 Å². The fourth-order valence-electron chi connectivity index (χ4n) is 2.32. The number of piperidine rings is 1. The van der Waals surface area contributed by atoms with Crippen molar-refractivity contribution in [1.82, 2.24) is 4.90 Å². The van der Waals surface area contributed by atoms with E-state index >= 15 is 0 Å². The maximum atomic E-state index is 11.9. The zero-order chi connectivity index (χ0) is 13.7. The van der Waals surface area contributed by atoms with Crippen LogP contribution in [-0.2, 0) is 9.59 Å². The molecule has 19 heavy (non-hydrogen) atoms. The Kier molecular flexibility index (Phi) is 4.55. The van der Waals surface area contributed by atoms with Gasteiger partial charge in [-0.2, -0.15) is 0 Å². The number of rotatable bonds is 3. The number of benzene rings is 1. The third kappa shape index (κ3) is 4.09. The first-order valence-electron chi connectivity index (χ1n) is 6.79. The van der Waals surface area contributed by atoms with Crippen LogP contribution in [0.2, 0.25) is 0 Å². The molecule has 1 aromatic carbocycles. The number of nitrogens with zero attached hydrogens (tertiary/aromatic N) is 1. The van der Waals surface area contributed by atoms with Gasteiger partial charge in [0.2, 0.25) is 11.8 Å². The van der Waals surface area contributed by atoms with Crippen molar-refractivity contribution < 1.29 is 9.59 Å². The lowest BCUT2D eigenvalue weighted by Gasteiger charge is -2.26. The summed E-state index contributed by atoms with van der Waals surface area (Å²) in [4.78, 5) is 25.5. The standard InChI is InChI=1S/C15H20N2O2/c1-12-6-5-7-13(10-12)16-14(18)11-15(19)17-8-3-2-4-9-17/h5-7,10H,2-4,8-9,11H2,1H3,(H,16,18). The molecule has 2 rings (SSSR count). The van der Waals surface area contributed by atoms with E-state index in [1.54, 1.807) is 4.90 Å². The van der Waals surface area contributed by atoms with Crippen molar-refractivity contribution in [2.45, 2.75) is 32.6 Å². The van der Waals surface area contributed by atoms with Crippen LogP contribution in [0.25, 0.3) is 0 Å². The minimum absolute atomic E-state index is 0.0616. The second kappa shape index (κ2) is 6.36. The van der Waals surface area contributed by atoms with Gasteiger partial charge in [-0.25, -0.2) is 0 Å². The van der Waals surface area contributed by atoms with Gasteiger partial charge in [-0.15, -0.1) is 0 Å². The Balaban J connectivity index is 1.85. The van der Waals surface area contributed by atoms with E-state index in [1.807, 2.05) is 31.2 Å². The van der Waals surface area contributed by atoms with Gasteiger partial charge in [-0.3, -0.25) is 9.59 Å². The molecule has 4 nitrogen and oxygen atoms in total. The first kappa shape index (κ1) is 13.6. The van der Waals surface area contributed by atoms with Crippen molar-refractivity contribution in [2.24, 2.45) is 0 Å². The van der Waals surface area contributed by atoms with Crippen LogP contribution in [0.5, 0.6) is 0 Å². The number of hydrogen-bond acceptors (Lipinski definition) is 2. The summed E-state index contributed by atoms with van der Waals surface area (Å²) in [5.74, 6) is -0.300. The topological polar surface area (TPSA) is 49.4 Å². The van der Waals surface area contributed by atoms with Gasteiger partial charge in [0.05, 0.1) is 0 Å². The largest absolute Gasteiger partial charge is 0.342 e. The first-order chi connectivity index (χ1) is 9.15. The smallest absolute Gasteiger partial charge is 0.233 e. The van der Waals surface area contributed by atoms with Crippen LogP contribution in [0.3, 0.4) is 0 Å². The molecule has 0 aromatic heterocycles. The predicted octanol–water partition coefficient (Wildman–Crippen LogP) is 2.34. The molecular formula is C15H20N2O2. The summed E-state index contributed by atoms with van der Waals surface area (Å²) in [5, 5.41) is 2.77. The molecule has 4 heteroatoms. The normalized spacial score (nSPS) is 15.1. The molecule has 0 aliphatic carbocycles. The van der Waals surface area contributed by atoms with Crippen LogP contribution >= 0.6 is 0 Å². The summed E-state index contributed by atoms with van der Waals surface area (Å²) >= 11 is 0. The molecule has 1 aliphatic heterocycles. The lowest BCUT2D eigenvalue weighted by Crippen LogP contribution is -2.37. The van der Waals surface area contributed by atoms with Crippen molar-refractivity contribution in [3.63, 3.8) is 0 Å². The Bertz CT molecular complexity index is 465. The molecule has 0 atom stereocenters. The lowest BCUT2D eigenvalue weighted by atomic mass is 10.1. The van der Waals surface area contributed by atoms with E-state index in [0.717, 1.165) is 37.2 Å². The lowest BCUT2D eigenvalue weighted by molar-refractivity contribution is -0.135. The minimum atomic E-state index is -0.235. The molecule has 1 fully saturated rings. The Hall–Kier alpha value is -1.84. The highest BCUT2D eigenvalue weighted by atomic mass is 16.2. The fourth-order valence-corrected chi connectivity index (χ4v) is 2.32. The SMILES string of the molecule is Cc1cccc(NC(=O)CC(=O)N2CCCCC2)c1. The highest BCUT2D eigenvalue weighted by Gasteiger charge is 2.19. The summed E-state index contributed by atoms with van der Waals surface area (Å²) in [5.41, 5.74) is 1.83. The molecule has 0 unspecified atom stereocenters. The Morgan fingerprint density at radius 1 is 1.21 bits per heavy atom. The number of aryl methyl sites for hydroxylation is 1. The molecule has 0 radical (unpaired) electrons. The number of carbonyl (C=O) groups is 2. The Morgan fingerprint density at radius 2 is 1.95 bits per heavy atom. The molecule has 1 N–H and O–H groups in total. The molecule has 1 saturated heterocycles. The van der Waals surface area contributed by atoms with Crippen LogP contribution in [0, 0.1) is 6.92 Å². The van der Waals surface area contributed by atoms with E-state index in [4.69, 9.17) is 0 Å². The van der Waals surface area contributed by atoms with Gasteiger partial charge in [0, 0.05) is 18.8 Å². The van der Waals surface area contributed by atoms with Crippen LogP contribution in [-0.4, -0.2) is 29.8 Å². The molecule has 0 saturated carbocycles. The molecule has 1 aliphatic rings. The van der Waals surface area contributed by atoms with Gasteiger partial charge in [-0.1, -0.05) is 12.1 Å². The number of amides is 2. The number of anilines is 1. The Labute approximate surface area is 113 Å². The van der Waals surface area contributed by atoms with Gasteiger partial charge >= 0.3 is 0 Å². The first-order valence-corrected chi connectivity index (χ1v) is 6.79. The zero-order valence-electron chi connectivity index (χ0n) is 11.3. The van der Waals surface area contributed by atoms with Gasteiger partial charge in [0.15, 0.2) is 0 Å². The molecule has 0 bridgehead atoms.